The molecule has 3 heterocycles. The number of hydrogen-bond donors (Lipinski definition) is 1. The standard InChI is InChI=1S/C25H27F3N4O4/c1-11(29)20-19(22(33)32-10-14-17(23(32)35-5)24(14,2)3)31-21(36-20)13-6-8-15(34-4)18-12(13)7-9-16(30-18)25(26,27)28/h6-9,11,14,17,23H,10,29H2,1-5H3/t11-,14?,17?,23+/m0/s1. The molecule has 0 bridgehead atoms. The number of aromatic nitrogens is 2. The van der Waals surface area contributed by atoms with Crippen LogP contribution in [0.15, 0.2) is 28.7 Å². The van der Waals surface area contributed by atoms with Gasteiger partial charge in [0.1, 0.15) is 23.2 Å². The first-order valence-electron chi connectivity index (χ1n) is 11.6. The number of carbonyl (C=O) groups excluding carboxylic acids is 1. The lowest BCUT2D eigenvalue weighted by Gasteiger charge is -2.29. The van der Waals surface area contributed by atoms with E-state index in [9.17, 15) is 18.0 Å². The van der Waals surface area contributed by atoms with Gasteiger partial charge < -0.3 is 24.5 Å². The molecule has 1 amide bonds. The van der Waals surface area contributed by atoms with Crippen molar-refractivity contribution in [2.24, 2.45) is 23.0 Å². The van der Waals surface area contributed by atoms with Crippen molar-refractivity contribution < 1.29 is 31.9 Å². The van der Waals surface area contributed by atoms with Gasteiger partial charge in [0.25, 0.3) is 5.91 Å². The number of nitrogens with zero attached hydrogens (tertiary/aromatic N) is 3. The SMILES string of the molecule is COc1ccc(-c2nc(C(=O)N3CC4C([C@H]3OC)C4(C)C)c([C@H](C)N)o2)c2ccc(C(F)(F)F)nc12. The summed E-state index contributed by atoms with van der Waals surface area (Å²) in [6.45, 7) is 6.52. The molecule has 5 rings (SSSR count). The quantitative estimate of drug-likeness (QED) is 0.540. The molecule has 2 aliphatic rings. The summed E-state index contributed by atoms with van der Waals surface area (Å²) in [4.78, 5) is 23.5. The summed E-state index contributed by atoms with van der Waals surface area (Å²) in [5, 5.41) is 0.331. The van der Waals surface area contributed by atoms with Gasteiger partial charge in [-0.05, 0) is 42.5 Å². The number of benzene rings is 1. The number of methoxy groups -OCH3 is 2. The highest BCUT2D eigenvalue weighted by molar-refractivity contribution is 5.98. The zero-order valence-electron chi connectivity index (χ0n) is 20.5. The van der Waals surface area contributed by atoms with E-state index in [2.05, 4.69) is 23.8 Å². The molecule has 1 saturated carbocycles. The molecule has 2 fully saturated rings. The first-order chi connectivity index (χ1) is 16.9. The second kappa shape index (κ2) is 8.17. The number of likely N-dealkylation sites (tertiary alicyclic amines) is 1. The highest BCUT2D eigenvalue weighted by Gasteiger charge is 2.68. The van der Waals surface area contributed by atoms with Gasteiger partial charge in [0.2, 0.25) is 5.89 Å². The molecule has 11 heteroatoms. The van der Waals surface area contributed by atoms with Crippen LogP contribution in [0.25, 0.3) is 22.4 Å². The first kappa shape index (κ1) is 24.5. The fourth-order valence-corrected chi connectivity index (χ4v) is 5.43. The number of amides is 1. The molecule has 2 unspecified atom stereocenters. The van der Waals surface area contributed by atoms with Crippen LogP contribution in [0.3, 0.4) is 0 Å². The maximum absolute atomic E-state index is 13.6. The monoisotopic (exact) mass is 504 g/mol. The van der Waals surface area contributed by atoms with Crippen LogP contribution in [-0.2, 0) is 10.9 Å². The van der Waals surface area contributed by atoms with Gasteiger partial charge in [0.15, 0.2) is 11.5 Å². The molecule has 8 nitrogen and oxygen atoms in total. The maximum atomic E-state index is 13.6. The number of carbonyl (C=O) groups is 1. The van der Waals surface area contributed by atoms with E-state index in [-0.39, 0.29) is 52.1 Å². The minimum Gasteiger partial charge on any atom is -0.494 e. The Balaban J connectivity index is 1.58. The molecule has 4 atom stereocenters. The van der Waals surface area contributed by atoms with E-state index >= 15 is 0 Å². The second-order valence-corrected chi connectivity index (χ2v) is 9.96. The van der Waals surface area contributed by atoms with E-state index in [0.29, 0.717) is 23.4 Å². The van der Waals surface area contributed by atoms with Crippen molar-refractivity contribution in [3.05, 3.63) is 41.4 Å². The summed E-state index contributed by atoms with van der Waals surface area (Å²) < 4.78 is 56.8. The first-order valence-corrected chi connectivity index (χ1v) is 11.6. The van der Waals surface area contributed by atoms with Crippen LogP contribution in [0.5, 0.6) is 5.75 Å². The lowest BCUT2D eigenvalue weighted by Crippen LogP contribution is -2.42. The van der Waals surface area contributed by atoms with E-state index < -0.39 is 17.9 Å². The Morgan fingerprint density at radius 2 is 1.94 bits per heavy atom. The molecule has 1 aliphatic carbocycles. The topological polar surface area (TPSA) is 104 Å². The highest BCUT2D eigenvalue weighted by atomic mass is 19.4. The molecule has 1 aromatic carbocycles. The van der Waals surface area contributed by atoms with Gasteiger partial charge in [-0.3, -0.25) is 4.79 Å². The van der Waals surface area contributed by atoms with Gasteiger partial charge in [-0.15, -0.1) is 0 Å². The zero-order valence-corrected chi connectivity index (χ0v) is 20.5. The third kappa shape index (κ3) is 3.64. The third-order valence-corrected chi connectivity index (χ3v) is 7.48. The summed E-state index contributed by atoms with van der Waals surface area (Å²) >= 11 is 0. The molecular weight excluding hydrogens is 477 g/mol. The number of halogens is 3. The van der Waals surface area contributed by atoms with Gasteiger partial charge in [0.05, 0.1) is 13.2 Å². The van der Waals surface area contributed by atoms with Gasteiger partial charge in [-0.1, -0.05) is 13.8 Å². The van der Waals surface area contributed by atoms with Crippen molar-refractivity contribution in [3.63, 3.8) is 0 Å². The summed E-state index contributed by atoms with van der Waals surface area (Å²) in [6, 6.07) is 4.61. The Kier molecular flexibility index (Phi) is 5.56. The molecular formula is C25H27F3N4O4. The summed E-state index contributed by atoms with van der Waals surface area (Å²) in [5.74, 6) is 0.610. The summed E-state index contributed by atoms with van der Waals surface area (Å²) in [7, 11) is 2.93. The Morgan fingerprint density at radius 1 is 1.22 bits per heavy atom. The Bertz CT molecular complexity index is 1350. The van der Waals surface area contributed by atoms with Gasteiger partial charge in [-0.25, -0.2) is 9.97 Å². The Morgan fingerprint density at radius 3 is 2.56 bits per heavy atom. The predicted molar refractivity (Wildman–Crippen MR) is 124 cm³/mol. The van der Waals surface area contributed by atoms with E-state index in [1.807, 2.05) is 0 Å². The molecule has 3 aromatic rings. The summed E-state index contributed by atoms with van der Waals surface area (Å²) in [6.07, 6.45) is -5.01. The molecule has 192 valence electrons. The van der Waals surface area contributed by atoms with Crippen LogP contribution in [0, 0.1) is 17.3 Å². The number of ether oxygens (including phenoxy) is 2. The molecule has 36 heavy (non-hydrogen) atoms. The van der Waals surface area contributed by atoms with Crippen LogP contribution in [0.4, 0.5) is 13.2 Å². The fraction of sp³-hybridized carbons (Fsp3) is 0.480. The highest BCUT2D eigenvalue weighted by Crippen LogP contribution is 2.65. The van der Waals surface area contributed by atoms with Crippen molar-refractivity contribution in [2.45, 2.75) is 39.2 Å². The average molecular weight is 505 g/mol. The van der Waals surface area contributed by atoms with E-state index in [1.165, 1.54) is 19.2 Å². The average Bonchev–Trinajstić information content (AvgIpc) is 3.22. The van der Waals surface area contributed by atoms with Crippen LogP contribution >= 0.6 is 0 Å². The number of alkyl halides is 3. The minimum atomic E-state index is -4.62. The van der Waals surface area contributed by atoms with E-state index in [1.54, 1.807) is 25.0 Å². The van der Waals surface area contributed by atoms with Gasteiger partial charge in [0, 0.05) is 30.5 Å². The normalized spacial score (nSPS) is 23.6. The number of piperidine rings is 1. The fourth-order valence-electron chi connectivity index (χ4n) is 5.43. The smallest absolute Gasteiger partial charge is 0.433 e. The lowest BCUT2D eigenvalue weighted by molar-refractivity contribution is -0.140. The number of fused-ring (bicyclic) bond motifs is 2. The molecule has 2 aromatic heterocycles. The summed E-state index contributed by atoms with van der Waals surface area (Å²) in [5.41, 5.74) is 5.59. The second-order valence-electron chi connectivity index (χ2n) is 9.96. The van der Waals surface area contributed by atoms with Crippen molar-refractivity contribution in [1.29, 1.82) is 0 Å². The van der Waals surface area contributed by atoms with Crippen molar-refractivity contribution in [1.82, 2.24) is 14.9 Å². The molecule has 2 N–H and O–H groups in total. The van der Waals surface area contributed by atoms with Gasteiger partial charge in [-0.2, -0.15) is 13.2 Å². The Hall–Kier alpha value is -3.18. The van der Waals surface area contributed by atoms with Crippen molar-refractivity contribution in [3.8, 4) is 17.2 Å². The van der Waals surface area contributed by atoms with E-state index in [0.717, 1.165) is 6.07 Å². The van der Waals surface area contributed by atoms with Crippen molar-refractivity contribution >= 4 is 16.8 Å². The zero-order chi connectivity index (χ0) is 26.2. The minimum absolute atomic E-state index is 0.000410. The Labute approximate surface area is 205 Å². The lowest BCUT2D eigenvalue weighted by atomic mass is 10.0. The largest absolute Gasteiger partial charge is 0.494 e. The van der Waals surface area contributed by atoms with E-state index in [4.69, 9.17) is 19.6 Å². The third-order valence-electron chi connectivity index (χ3n) is 7.48. The number of rotatable bonds is 5. The molecule has 1 aliphatic heterocycles. The number of hydrogen-bond acceptors (Lipinski definition) is 7. The number of oxazole rings is 1. The maximum Gasteiger partial charge on any atom is 0.433 e. The molecule has 1 saturated heterocycles. The van der Waals surface area contributed by atoms with Crippen LogP contribution in [0.2, 0.25) is 0 Å². The number of nitrogens with two attached hydrogens (primary N) is 1. The van der Waals surface area contributed by atoms with Crippen LogP contribution in [-0.4, -0.2) is 47.8 Å². The van der Waals surface area contributed by atoms with Crippen LogP contribution in [0.1, 0.15) is 48.8 Å². The van der Waals surface area contributed by atoms with Gasteiger partial charge >= 0.3 is 6.18 Å². The predicted octanol–water partition coefficient (Wildman–Crippen LogP) is 4.64. The number of pyridine rings is 1. The molecule has 0 spiro atoms. The van der Waals surface area contributed by atoms with Crippen LogP contribution < -0.4 is 10.5 Å². The van der Waals surface area contributed by atoms with Crippen molar-refractivity contribution in [2.75, 3.05) is 20.8 Å². The molecule has 0 radical (unpaired) electrons.